The predicted octanol–water partition coefficient (Wildman–Crippen LogP) is 5.20. The van der Waals surface area contributed by atoms with Crippen molar-refractivity contribution in [3.63, 3.8) is 0 Å². The number of hydrogen-bond acceptors (Lipinski definition) is 4. The van der Waals surface area contributed by atoms with Gasteiger partial charge in [-0.15, -0.1) is 0 Å². The van der Waals surface area contributed by atoms with Gasteiger partial charge in [-0.25, -0.2) is 4.39 Å². The molecule has 1 N–H and O–H groups in total. The van der Waals surface area contributed by atoms with Gasteiger partial charge in [0.15, 0.2) is 5.83 Å². The van der Waals surface area contributed by atoms with Crippen molar-refractivity contribution in [1.29, 1.82) is 0 Å². The highest BCUT2D eigenvalue weighted by molar-refractivity contribution is 7.93. The van der Waals surface area contributed by atoms with Crippen molar-refractivity contribution in [2.45, 2.75) is 25.3 Å². The second kappa shape index (κ2) is 9.31. The van der Waals surface area contributed by atoms with Crippen molar-refractivity contribution in [3.05, 3.63) is 40.7 Å². The van der Waals surface area contributed by atoms with Crippen molar-refractivity contribution in [3.8, 4) is 0 Å². The molecule has 1 aromatic carbocycles. The van der Waals surface area contributed by atoms with Crippen molar-refractivity contribution >= 4 is 33.0 Å². The Morgan fingerprint density at radius 3 is 2.41 bits per heavy atom. The first-order valence-corrected chi connectivity index (χ1v) is 9.02. The normalized spacial score (nSPS) is 12.7. The quantitative estimate of drug-likeness (QED) is 0.262. The van der Waals surface area contributed by atoms with Crippen LogP contribution in [-0.4, -0.2) is 26.2 Å². The summed E-state index contributed by atoms with van der Waals surface area (Å²) in [5, 5.41) is 3.61. The predicted molar refractivity (Wildman–Crippen MR) is 87.8 cm³/mol. The molecule has 0 radical (unpaired) electrons. The zero-order chi connectivity index (χ0) is 20.8. The number of sulfonamides is 1. The van der Waals surface area contributed by atoms with E-state index in [4.69, 9.17) is 16.4 Å². The average Bonchev–Trinajstić information content (AvgIpc) is 2.55. The van der Waals surface area contributed by atoms with Gasteiger partial charge in [-0.05, 0) is 24.6 Å². The lowest BCUT2D eigenvalue weighted by molar-refractivity contribution is -0.0429. The minimum atomic E-state index is -5.70. The maximum atomic E-state index is 12.7. The highest BCUT2D eigenvalue weighted by Gasteiger charge is 2.46. The molecule has 0 saturated heterocycles. The third kappa shape index (κ3) is 6.61. The van der Waals surface area contributed by atoms with Gasteiger partial charge in [0, 0.05) is 17.0 Å². The number of anilines is 1. The molecule has 13 heteroatoms. The van der Waals surface area contributed by atoms with Crippen LogP contribution >= 0.6 is 11.6 Å². The average molecular weight is 439 g/mol. The number of oxime groups is 1. The molecular weight excluding hydrogens is 426 g/mol. The zero-order valence-corrected chi connectivity index (χ0v) is 15.2. The third-order valence-corrected chi connectivity index (χ3v) is 4.30. The SMILES string of the molecule is CC/C(=N\OCCC(F)=C(F)F)c1cc(Cl)ccc1NS(=O)(=O)C(F)(F)F. The molecule has 1 aromatic rings. The van der Waals surface area contributed by atoms with Gasteiger partial charge in [0.25, 0.3) is 0 Å². The Bertz CT molecular complexity index is 836. The molecule has 0 aliphatic carbocycles. The van der Waals surface area contributed by atoms with E-state index in [1.54, 1.807) is 0 Å². The molecule has 0 amide bonds. The second-order valence-electron chi connectivity index (χ2n) is 4.88. The first-order chi connectivity index (χ1) is 12.4. The first kappa shape index (κ1) is 23.1. The van der Waals surface area contributed by atoms with E-state index in [0.29, 0.717) is 0 Å². The largest absolute Gasteiger partial charge is 0.516 e. The summed E-state index contributed by atoms with van der Waals surface area (Å²) in [5.74, 6) is -1.69. The highest BCUT2D eigenvalue weighted by Crippen LogP contribution is 2.29. The fourth-order valence-electron chi connectivity index (χ4n) is 1.70. The van der Waals surface area contributed by atoms with Gasteiger partial charge in [0.2, 0.25) is 0 Å². The van der Waals surface area contributed by atoms with Crippen molar-refractivity contribution in [1.82, 2.24) is 0 Å². The van der Waals surface area contributed by atoms with Crippen molar-refractivity contribution in [2.24, 2.45) is 5.16 Å². The van der Waals surface area contributed by atoms with E-state index in [-0.39, 0.29) is 22.7 Å². The number of alkyl halides is 3. The second-order valence-corrected chi connectivity index (χ2v) is 6.99. The topological polar surface area (TPSA) is 67.8 Å². The highest BCUT2D eigenvalue weighted by atomic mass is 35.5. The molecule has 0 heterocycles. The molecule has 0 aliphatic rings. The molecule has 152 valence electrons. The molecule has 1 rings (SSSR count). The smallest absolute Gasteiger partial charge is 0.395 e. The Balaban J connectivity index is 3.13. The summed E-state index contributed by atoms with van der Waals surface area (Å²) in [7, 11) is -5.70. The van der Waals surface area contributed by atoms with Gasteiger partial charge < -0.3 is 4.84 Å². The lowest BCUT2D eigenvalue weighted by Crippen LogP contribution is -2.30. The van der Waals surface area contributed by atoms with Crippen LogP contribution in [-0.2, 0) is 14.9 Å². The fraction of sp³-hybridized carbons (Fsp3) is 0.357. The molecule has 0 aliphatic heterocycles. The van der Waals surface area contributed by atoms with E-state index in [9.17, 15) is 34.8 Å². The molecule has 0 saturated carbocycles. The van der Waals surface area contributed by atoms with Crippen molar-refractivity contribution < 1.29 is 39.6 Å². The summed E-state index contributed by atoms with van der Waals surface area (Å²) in [6, 6.07) is 3.29. The van der Waals surface area contributed by atoms with Crippen LogP contribution in [0.1, 0.15) is 25.3 Å². The summed E-state index contributed by atoms with van der Waals surface area (Å²) in [4.78, 5) is 4.69. The first-order valence-electron chi connectivity index (χ1n) is 7.16. The maximum Gasteiger partial charge on any atom is 0.516 e. The molecule has 0 atom stereocenters. The van der Waals surface area contributed by atoms with E-state index in [0.717, 1.165) is 18.2 Å². The Kier molecular flexibility index (Phi) is 7.96. The Morgan fingerprint density at radius 2 is 1.89 bits per heavy atom. The minimum Gasteiger partial charge on any atom is -0.395 e. The molecule has 27 heavy (non-hydrogen) atoms. The van der Waals surface area contributed by atoms with E-state index < -0.39 is 46.2 Å². The van der Waals surface area contributed by atoms with Gasteiger partial charge >= 0.3 is 21.6 Å². The fourth-order valence-corrected chi connectivity index (χ4v) is 2.46. The minimum absolute atomic E-state index is 0.0394. The van der Waals surface area contributed by atoms with Crippen LogP contribution in [0.15, 0.2) is 35.3 Å². The van der Waals surface area contributed by atoms with Crippen LogP contribution in [0.2, 0.25) is 5.02 Å². The summed E-state index contributed by atoms with van der Waals surface area (Å²) >= 11 is 5.78. The summed E-state index contributed by atoms with van der Waals surface area (Å²) < 4.78 is 98.3. The van der Waals surface area contributed by atoms with Crippen LogP contribution in [0.4, 0.5) is 32.0 Å². The number of halogens is 7. The van der Waals surface area contributed by atoms with Crippen LogP contribution in [0, 0.1) is 0 Å². The van der Waals surface area contributed by atoms with Gasteiger partial charge in [-0.3, -0.25) is 4.72 Å². The molecule has 0 spiro atoms. The summed E-state index contributed by atoms with van der Waals surface area (Å²) in [5.41, 5.74) is -6.18. The Morgan fingerprint density at radius 1 is 1.26 bits per heavy atom. The van der Waals surface area contributed by atoms with Gasteiger partial charge in [-0.2, -0.15) is 30.4 Å². The summed E-state index contributed by atoms with van der Waals surface area (Å²) in [6.07, 6.45) is -3.22. The van der Waals surface area contributed by atoms with E-state index in [1.165, 1.54) is 11.6 Å². The zero-order valence-electron chi connectivity index (χ0n) is 13.6. The lowest BCUT2D eigenvalue weighted by Gasteiger charge is -2.15. The van der Waals surface area contributed by atoms with Crippen molar-refractivity contribution in [2.75, 3.05) is 11.3 Å². The molecular formula is C14H13ClF6N2O3S. The van der Waals surface area contributed by atoms with Crippen LogP contribution in [0.5, 0.6) is 0 Å². The van der Waals surface area contributed by atoms with Crippen LogP contribution in [0.25, 0.3) is 0 Å². The number of nitrogens with zero attached hydrogens (tertiary/aromatic N) is 1. The van der Waals surface area contributed by atoms with Crippen LogP contribution in [0.3, 0.4) is 0 Å². The number of nitrogens with one attached hydrogen (secondary N) is 1. The summed E-state index contributed by atoms with van der Waals surface area (Å²) in [6.45, 7) is 0.948. The molecule has 5 nitrogen and oxygen atoms in total. The molecule has 0 fully saturated rings. The number of hydrogen-bond donors (Lipinski definition) is 1. The number of benzene rings is 1. The molecule has 0 unspecified atom stereocenters. The van der Waals surface area contributed by atoms with E-state index >= 15 is 0 Å². The Hall–Kier alpha value is -1.95. The lowest BCUT2D eigenvalue weighted by atomic mass is 10.1. The monoisotopic (exact) mass is 438 g/mol. The van der Waals surface area contributed by atoms with E-state index in [2.05, 4.69) is 5.16 Å². The van der Waals surface area contributed by atoms with Gasteiger partial charge in [-0.1, -0.05) is 23.7 Å². The van der Waals surface area contributed by atoms with E-state index in [1.807, 2.05) is 0 Å². The molecule has 0 aromatic heterocycles. The molecule has 0 bridgehead atoms. The number of rotatable bonds is 8. The third-order valence-electron chi connectivity index (χ3n) is 2.97. The van der Waals surface area contributed by atoms with Crippen LogP contribution < -0.4 is 4.72 Å². The standard InChI is InChI=1S/C14H13ClF6N2O3S/c1-2-11(22-26-6-5-10(16)13(17)18)9-7-8(15)3-4-12(9)23-27(24,25)14(19,20)21/h3-4,7,23H,2,5-6H2,1H3/b22-11+. The van der Waals surface area contributed by atoms with Gasteiger partial charge in [0.05, 0.1) is 11.4 Å². The Labute approximate surface area is 155 Å². The maximum absolute atomic E-state index is 12.7. The van der Waals surface area contributed by atoms with Gasteiger partial charge in [0.1, 0.15) is 6.61 Å².